The van der Waals surface area contributed by atoms with E-state index in [-0.39, 0.29) is 11.9 Å². The topological polar surface area (TPSA) is 35.6 Å². The minimum Gasteiger partial charge on any atom is -0.355 e. The lowest BCUT2D eigenvalue weighted by Gasteiger charge is -2.34. The predicted octanol–water partition coefficient (Wildman–Crippen LogP) is 3.25. The zero-order valence-electron chi connectivity index (χ0n) is 16.4. The van der Waals surface area contributed by atoms with Gasteiger partial charge in [0.25, 0.3) is 0 Å². The maximum Gasteiger partial charge on any atom is 0.249 e. The van der Waals surface area contributed by atoms with Crippen LogP contribution in [0.1, 0.15) is 30.0 Å². The smallest absolute Gasteiger partial charge is 0.249 e. The minimum absolute atomic E-state index is 0.221. The molecule has 146 valence electrons. The molecule has 2 saturated heterocycles. The van der Waals surface area contributed by atoms with Gasteiger partial charge < -0.3 is 15.1 Å². The van der Waals surface area contributed by atoms with Crippen LogP contribution in [0.25, 0.3) is 0 Å². The van der Waals surface area contributed by atoms with Crippen LogP contribution in [0.15, 0.2) is 54.6 Å². The molecule has 0 bridgehead atoms. The molecule has 3 aliphatic heterocycles. The first-order chi connectivity index (χ1) is 13.8. The fraction of sp³-hybridized carbons (Fsp3) is 0.458. The normalized spacial score (nSPS) is 25.1. The molecule has 1 N–H and O–H groups in total. The molecule has 0 spiro atoms. The summed E-state index contributed by atoms with van der Waals surface area (Å²) >= 11 is 0. The van der Waals surface area contributed by atoms with Gasteiger partial charge in [-0.1, -0.05) is 48.5 Å². The highest BCUT2D eigenvalue weighted by Gasteiger charge is 2.37. The molecule has 5 rings (SSSR count). The molecular weight excluding hydrogens is 346 g/mol. The highest BCUT2D eigenvalue weighted by atomic mass is 16.2. The van der Waals surface area contributed by atoms with E-state index in [1.807, 2.05) is 6.07 Å². The van der Waals surface area contributed by atoms with Gasteiger partial charge in [0.15, 0.2) is 0 Å². The second kappa shape index (κ2) is 7.59. The Morgan fingerprint density at radius 2 is 1.57 bits per heavy atom. The number of carbonyl (C=O) groups excluding carboxylic acids is 1. The molecule has 1 unspecified atom stereocenters. The summed E-state index contributed by atoms with van der Waals surface area (Å²) in [4.78, 5) is 18.3. The molecule has 0 aliphatic carbocycles. The molecule has 0 aromatic heterocycles. The predicted molar refractivity (Wildman–Crippen MR) is 112 cm³/mol. The Morgan fingerprint density at radius 1 is 0.893 bits per heavy atom. The van der Waals surface area contributed by atoms with Gasteiger partial charge in [0.2, 0.25) is 5.91 Å². The number of likely N-dealkylation sites (tertiary alicyclic amines) is 1. The van der Waals surface area contributed by atoms with E-state index in [0.29, 0.717) is 0 Å². The second-order valence-corrected chi connectivity index (χ2v) is 8.47. The van der Waals surface area contributed by atoms with Gasteiger partial charge in [0.1, 0.15) is 6.04 Å². The van der Waals surface area contributed by atoms with Crippen LogP contribution >= 0.6 is 0 Å². The number of anilines is 1. The molecule has 0 radical (unpaired) electrons. The number of benzene rings is 2. The van der Waals surface area contributed by atoms with Crippen LogP contribution in [-0.2, 0) is 11.2 Å². The maximum atomic E-state index is 13.8. The van der Waals surface area contributed by atoms with Crippen molar-refractivity contribution in [3.8, 4) is 0 Å². The molecule has 4 nitrogen and oxygen atoms in total. The van der Waals surface area contributed by atoms with Crippen LogP contribution in [0.3, 0.4) is 0 Å². The first-order valence-corrected chi connectivity index (χ1v) is 10.7. The van der Waals surface area contributed by atoms with Crippen LogP contribution in [0, 0.1) is 11.8 Å². The van der Waals surface area contributed by atoms with Gasteiger partial charge in [-0.3, -0.25) is 4.79 Å². The molecule has 2 aromatic rings. The van der Waals surface area contributed by atoms with E-state index in [1.165, 1.54) is 11.3 Å². The Morgan fingerprint density at radius 3 is 2.32 bits per heavy atom. The Hall–Kier alpha value is -2.33. The van der Waals surface area contributed by atoms with Crippen molar-refractivity contribution < 1.29 is 4.79 Å². The number of amides is 1. The van der Waals surface area contributed by atoms with Gasteiger partial charge in [-0.05, 0) is 61.4 Å². The van der Waals surface area contributed by atoms with E-state index in [2.05, 4.69) is 63.6 Å². The third-order valence-electron chi connectivity index (χ3n) is 6.91. The van der Waals surface area contributed by atoms with Crippen LogP contribution in [0.2, 0.25) is 0 Å². The Balaban J connectivity index is 1.44. The summed E-state index contributed by atoms with van der Waals surface area (Å²) in [6, 6.07) is 18.7. The number of nitrogens with one attached hydrogen (secondary N) is 1. The molecule has 0 saturated carbocycles. The van der Waals surface area contributed by atoms with Crippen molar-refractivity contribution in [3.63, 3.8) is 0 Å². The van der Waals surface area contributed by atoms with Crippen LogP contribution < -0.4 is 10.2 Å². The van der Waals surface area contributed by atoms with E-state index in [9.17, 15) is 4.79 Å². The minimum atomic E-state index is -0.221. The maximum absolute atomic E-state index is 13.8. The number of carbonyl (C=O) groups is 1. The molecule has 2 fully saturated rings. The number of para-hydroxylation sites is 1. The van der Waals surface area contributed by atoms with Crippen LogP contribution in [0.5, 0.6) is 0 Å². The summed E-state index contributed by atoms with van der Waals surface area (Å²) in [6.07, 6.45) is 3.27. The number of nitrogens with zero attached hydrogens (tertiary/aromatic N) is 2. The van der Waals surface area contributed by atoms with Crippen molar-refractivity contribution in [1.82, 2.24) is 10.2 Å². The van der Waals surface area contributed by atoms with E-state index < -0.39 is 0 Å². The third kappa shape index (κ3) is 3.20. The number of rotatable bonds is 3. The van der Waals surface area contributed by atoms with Gasteiger partial charge in [-0.15, -0.1) is 0 Å². The Kier molecular flexibility index (Phi) is 4.81. The molecule has 3 atom stereocenters. The quantitative estimate of drug-likeness (QED) is 0.895. The van der Waals surface area contributed by atoms with Crippen molar-refractivity contribution in [3.05, 3.63) is 65.7 Å². The Labute approximate surface area is 167 Å². The van der Waals surface area contributed by atoms with E-state index in [4.69, 9.17) is 0 Å². The lowest BCUT2D eigenvalue weighted by molar-refractivity contribution is -0.132. The summed E-state index contributed by atoms with van der Waals surface area (Å²) in [5.74, 6) is 1.75. The van der Waals surface area contributed by atoms with Crippen molar-refractivity contribution in [2.75, 3.05) is 37.6 Å². The Bertz CT molecular complexity index is 823. The fourth-order valence-electron chi connectivity index (χ4n) is 5.33. The second-order valence-electron chi connectivity index (χ2n) is 8.47. The third-order valence-corrected chi connectivity index (χ3v) is 6.91. The molecular formula is C24H29N3O. The van der Waals surface area contributed by atoms with Gasteiger partial charge in [-0.2, -0.15) is 0 Å². The first-order valence-electron chi connectivity index (χ1n) is 10.7. The first kappa shape index (κ1) is 17.7. The van der Waals surface area contributed by atoms with E-state index in [1.54, 1.807) is 0 Å². The van der Waals surface area contributed by atoms with Gasteiger partial charge >= 0.3 is 0 Å². The monoisotopic (exact) mass is 375 g/mol. The number of hydrogen-bond acceptors (Lipinski definition) is 3. The van der Waals surface area contributed by atoms with Crippen molar-refractivity contribution >= 4 is 11.6 Å². The van der Waals surface area contributed by atoms with Gasteiger partial charge in [0, 0.05) is 25.3 Å². The average Bonchev–Trinajstić information content (AvgIpc) is 3.31. The summed E-state index contributed by atoms with van der Waals surface area (Å²) in [6.45, 7) is 4.93. The van der Waals surface area contributed by atoms with Crippen molar-refractivity contribution in [1.29, 1.82) is 0 Å². The lowest BCUT2D eigenvalue weighted by atomic mass is 9.92. The molecule has 3 aliphatic rings. The van der Waals surface area contributed by atoms with Crippen LogP contribution in [-0.4, -0.2) is 43.5 Å². The van der Waals surface area contributed by atoms with Gasteiger partial charge in [0.05, 0.1) is 0 Å². The summed E-state index contributed by atoms with van der Waals surface area (Å²) in [7, 11) is 0. The molecule has 3 heterocycles. The lowest BCUT2D eigenvalue weighted by Crippen LogP contribution is -2.43. The largest absolute Gasteiger partial charge is 0.355 e. The highest BCUT2D eigenvalue weighted by molar-refractivity contribution is 5.87. The van der Waals surface area contributed by atoms with Gasteiger partial charge in [-0.25, -0.2) is 0 Å². The zero-order valence-corrected chi connectivity index (χ0v) is 16.4. The van der Waals surface area contributed by atoms with Crippen molar-refractivity contribution in [2.24, 2.45) is 11.8 Å². The summed E-state index contributed by atoms with van der Waals surface area (Å²) in [5.41, 5.74) is 3.68. The number of fused-ring (bicyclic) bond motifs is 2. The van der Waals surface area contributed by atoms with E-state index in [0.717, 1.165) is 69.4 Å². The zero-order chi connectivity index (χ0) is 18.9. The molecule has 1 amide bonds. The van der Waals surface area contributed by atoms with Crippen LogP contribution in [0.4, 0.5) is 5.69 Å². The number of hydrogen-bond donors (Lipinski definition) is 1. The van der Waals surface area contributed by atoms with Crippen molar-refractivity contribution in [2.45, 2.75) is 25.3 Å². The van der Waals surface area contributed by atoms with E-state index >= 15 is 0 Å². The summed E-state index contributed by atoms with van der Waals surface area (Å²) in [5, 5.41) is 3.53. The standard InChI is InChI=1S/C24H29N3O/c28-24(26-13-10-20-16-25-17-21(20)11-14-26)23(19-7-2-1-3-8-19)27-15-12-18-6-4-5-9-22(18)27/h1-9,20-21,23,25H,10-17H2/t20-,21+,23?. The highest BCUT2D eigenvalue weighted by Crippen LogP contribution is 2.37. The molecule has 4 heteroatoms. The summed E-state index contributed by atoms with van der Waals surface area (Å²) < 4.78 is 0. The molecule has 28 heavy (non-hydrogen) atoms. The fourth-order valence-corrected chi connectivity index (χ4v) is 5.33. The average molecular weight is 376 g/mol. The SMILES string of the molecule is O=C(C(c1ccccc1)N1CCc2ccccc21)N1CC[C@@H]2CNC[C@@H]2CC1. The molecule has 2 aromatic carbocycles.